The lowest BCUT2D eigenvalue weighted by Crippen LogP contribution is -2.46. The number of aryl methyl sites for hydroxylation is 1. The molecule has 1 aliphatic heterocycles. The highest BCUT2D eigenvalue weighted by Crippen LogP contribution is 2.08. The zero-order valence-corrected chi connectivity index (χ0v) is 12.3. The summed E-state index contributed by atoms with van der Waals surface area (Å²) in [7, 11) is 1.75. The second-order valence-electron chi connectivity index (χ2n) is 5.57. The van der Waals surface area contributed by atoms with Gasteiger partial charge >= 0.3 is 5.69 Å². The summed E-state index contributed by atoms with van der Waals surface area (Å²) in [5.74, 6) is 0. The topological polar surface area (TPSA) is 56.0 Å². The van der Waals surface area contributed by atoms with E-state index in [2.05, 4.69) is 5.32 Å². The van der Waals surface area contributed by atoms with E-state index < -0.39 is 0 Å². The number of aromatic nitrogens is 2. The highest BCUT2D eigenvalue weighted by molar-refractivity contribution is 5.24. The molecule has 2 heterocycles. The maximum Gasteiger partial charge on any atom is 0.331 e. The van der Waals surface area contributed by atoms with E-state index in [1.807, 2.05) is 31.2 Å². The van der Waals surface area contributed by atoms with Crippen LogP contribution in [0.15, 0.2) is 33.9 Å². The molecule has 0 aliphatic carbocycles. The van der Waals surface area contributed by atoms with E-state index in [0.29, 0.717) is 13.1 Å². The SMILES string of the molecule is Cc1cccc(Cn2c(=O)c3c(n(C)c2=O)CCNC3)c1. The van der Waals surface area contributed by atoms with Gasteiger partial charge in [0, 0.05) is 32.3 Å². The number of nitrogens with zero attached hydrogens (tertiary/aromatic N) is 2. The summed E-state index contributed by atoms with van der Waals surface area (Å²) in [4.78, 5) is 25.0. The van der Waals surface area contributed by atoms with Crippen LogP contribution in [0.1, 0.15) is 22.4 Å². The van der Waals surface area contributed by atoms with Crippen LogP contribution < -0.4 is 16.6 Å². The highest BCUT2D eigenvalue weighted by atomic mass is 16.2. The third-order valence-electron chi connectivity index (χ3n) is 4.04. The Labute approximate surface area is 122 Å². The van der Waals surface area contributed by atoms with Crippen LogP contribution >= 0.6 is 0 Å². The molecule has 0 spiro atoms. The Morgan fingerprint density at radius 2 is 2.10 bits per heavy atom. The molecule has 0 bridgehead atoms. The Hall–Kier alpha value is -2.14. The number of benzene rings is 1. The average molecular weight is 285 g/mol. The van der Waals surface area contributed by atoms with E-state index >= 15 is 0 Å². The quantitative estimate of drug-likeness (QED) is 0.876. The predicted molar refractivity (Wildman–Crippen MR) is 81.6 cm³/mol. The van der Waals surface area contributed by atoms with E-state index in [0.717, 1.165) is 35.3 Å². The molecule has 0 fully saturated rings. The molecule has 3 rings (SSSR count). The summed E-state index contributed by atoms with van der Waals surface area (Å²) in [6, 6.07) is 7.89. The molecule has 0 unspecified atom stereocenters. The first-order chi connectivity index (χ1) is 10.1. The van der Waals surface area contributed by atoms with E-state index in [1.54, 1.807) is 11.6 Å². The maximum absolute atomic E-state index is 12.6. The first-order valence-corrected chi connectivity index (χ1v) is 7.16. The molecule has 0 saturated heterocycles. The number of fused-ring (bicyclic) bond motifs is 1. The third-order valence-corrected chi connectivity index (χ3v) is 4.04. The van der Waals surface area contributed by atoms with Crippen molar-refractivity contribution in [1.29, 1.82) is 0 Å². The molecule has 0 saturated carbocycles. The average Bonchev–Trinajstić information content (AvgIpc) is 2.49. The lowest BCUT2D eigenvalue weighted by Gasteiger charge is -2.21. The monoisotopic (exact) mass is 285 g/mol. The second kappa shape index (κ2) is 5.33. The van der Waals surface area contributed by atoms with Crippen molar-refractivity contribution >= 4 is 0 Å². The normalized spacial score (nSPS) is 14.0. The summed E-state index contributed by atoms with van der Waals surface area (Å²) in [6.45, 7) is 3.67. The van der Waals surface area contributed by atoms with E-state index in [9.17, 15) is 9.59 Å². The van der Waals surface area contributed by atoms with Crippen LogP contribution in [0.4, 0.5) is 0 Å². The molecule has 1 aromatic carbocycles. The molecule has 0 radical (unpaired) electrons. The van der Waals surface area contributed by atoms with Crippen molar-refractivity contribution in [3.05, 3.63) is 67.5 Å². The van der Waals surface area contributed by atoms with Gasteiger partial charge in [-0.05, 0) is 12.5 Å². The van der Waals surface area contributed by atoms with Crippen LogP contribution in [-0.2, 0) is 26.6 Å². The van der Waals surface area contributed by atoms with Gasteiger partial charge in [0.1, 0.15) is 0 Å². The Morgan fingerprint density at radius 1 is 1.29 bits per heavy atom. The van der Waals surface area contributed by atoms with Gasteiger partial charge in [0.25, 0.3) is 5.56 Å². The third kappa shape index (κ3) is 2.45. The second-order valence-corrected chi connectivity index (χ2v) is 5.57. The maximum atomic E-state index is 12.6. The molecule has 5 nitrogen and oxygen atoms in total. The Morgan fingerprint density at radius 3 is 2.86 bits per heavy atom. The van der Waals surface area contributed by atoms with Crippen LogP contribution in [0, 0.1) is 6.92 Å². The van der Waals surface area contributed by atoms with Crippen molar-refractivity contribution in [2.24, 2.45) is 7.05 Å². The predicted octanol–water partition coefficient (Wildman–Crippen LogP) is 0.549. The largest absolute Gasteiger partial charge is 0.331 e. The molecule has 0 atom stereocenters. The van der Waals surface area contributed by atoms with Crippen LogP contribution in [0.5, 0.6) is 0 Å². The molecule has 5 heteroatoms. The van der Waals surface area contributed by atoms with E-state index in [4.69, 9.17) is 0 Å². The van der Waals surface area contributed by atoms with Crippen LogP contribution in [0.2, 0.25) is 0 Å². The smallest absolute Gasteiger partial charge is 0.312 e. The van der Waals surface area contributed by atoms with Crippen LogP contribution in [0.3, 0.4) is 0 Å². The van der Waals surface area contributed by atoms with Gasteiger partial charge in [-0.1, -0.05) is 29.8 Å². The van der Waals surface area contributed by atoms with Crippen molar-refractivity contribution in [2.75, 3.05) is 6.54 Å². The first kappa shape index (κ1) is 13.8. The Balaban J connectivity index is 2.13. The zero-order valence-electron chi connectivity index (χ0n) is 12.3. The van der Waals surface area contributed by atoms with E-state index in [-0.39, 0.29) is 11.2 Å². The van der Waals surface area contributed by atoms with Gasteiger partial charge in [-0.25, -0.2) is 4.79 Å². The Bertz CT molecular complexity index is 802. The number of hydrogen-bond donors (Lipinski definition) is 1. The molecule has 1 aromatic heterocycles. The fraction of sp³-hybridized carbons (Fsp3) is 0.375. The van der Waals surface area contributed by atoms with Gasteiger partial charge < -0.3 is 9.88 Å². The van der Waals surface area contributed by atoms with Crippen LogP contribution in [0.25, 0.3) is 0 Å². The van der Waals surface area contributed by atoms with Gasteiger partial charge in [-0.3, -0.25) is 9.36 Å². The molecule has 110 valence electrons. The molecule has 21 heavy (non-hydrogen) atoms. The minimum Gasteiger partial charge on any atom is -0.312 e. The molecule has 0 amide bonds. The molecule has 1 N–H and O–H groups in total. The standard InChI is InChI=1S/C16H19N3O2/c1-11-4-3-5-12(8-11)10-19-15(20)13-9-17-7-6-14(13)18(2)16(19)21/h3-5,8,17H,6-7,9-10H2,1-2H3. The summed E-state index contributed by atoms with van der Waals surface area (Å²) in [6.07, 6.45) is 0.724. The minimum absolute atomic E-state index is 0.165. The minimum atomic E-state index is -0.234. The van der Waals surface area contributed by atoms with Crippen molar-refractivity contribution in [1.82, 2.24) is 14.5 Å². The van der Waals surface area contributed by atoms with Crippen molar-refractivity contribution in [2.45, 2.75) is 26.4 Å². The lowest BCUT2D eigenvalue weighted by molar-refractivity contribution is 0.540. The lowest BCUT2D eigenvalue weighted by atomic mass is 10.1. The van der Waals surface area contributed by atoms with E-state index in [1.165, 1.54) is 4.57 Å². The summed E-state index contributed by atoms with van der Waals surface area (Å²) >= 11 is 0. The van der Waals surface area contributed by atoms with Crippen LogP contribution in [-0.4, -0.2) is 15.7 Å². The number of hydrogen-bond acceptors (Lipinski definition) is 3. The van der Waals surface area contributed by atoms with Crippen molar-refractivity contribution in [3.8, 4) is 0 Å². The van der Waals surface area contributed by atoms with Crippen molar-refractivity contribution < 1.29 is 0 Å². The highest BCUT2D eigenvalue weighted by Gasteiger charge is 2.19. The zero-order chi connectivity index (χ0) is 15.0. The van der Waals surface area contributed by atoms with Gasteiger partial charge in [0.15, 0.2) is 0 Å². The van der Waals surface area contributed by atoms with Gasteiger partial charge in [-0.15, -0.1) is 0 Å². The fourth-order valence-electron chi connectivity index (χ4n) is 2.92. The summed E-state index contributed by atoms with van der Waals surface area (Å²) in [5, 5.41) is 3.20. The summed E-state index contributed by atoms with van der Waals surface area (Å²) in [5.41, 5.74) is 3.28. The molecular weight excluding hydrogens is 266 g/mol. The summed E-state index contributed by atoms with van der Waals surface area (Å²) < 4.78 is 2.95. The van der Waals surface area contributed by atoms with Gasteiger partial charge in [-0.2, -0.15) is 0 Å². The fourth-order valence-corrected chi connectivity index (χ4v) is 2.92. The van der Waals surface area contributed by atoms with Gasteiger partial charge in [0.2, 0.25) is 0 Å². The molecule has 1 aliphatic rings. The Kier molecular flexibility index (Phi) is 3.51. The first-order valence-electron chi connectivity index (χ1n) is 7.16. The number of nitrogens with one attached hydrogen (secondary N) is 1. The molecule has 2 aromatic rings. The molecular formula is C16H19N3O2. The van der Waals surface area contributed by atoms with Gasteiger partial charge in [0.05, 0.1) is 12.1 Å². The number of rotatable bonds is 2. The van der Waals surface area contributed by atoms with Crippen molar-refractivity contribution in [3.63, 3.8) is 0 Å².